The van der Waals surface area contributed by atoms with Gasteiger partial charge in [0.1, 0.15) is 6.61 Å². The van der Waals surface area contributed by atoms with Gasteiger partial charge in [-0.2, -0.15) is 5.10 Å². The molecule has 0 atom stereocenters. The first-order chi connectivity index (χ1) is 14.0. The third kappa shape index (κ3) is 6.42. The molecule has 3 rings (SSSR count). The number of carbonyl (C=O) groups excluding carboxylic acids is 1. The van der Waals surface area contributed by atoms with E-state index in [0.29, 0.717) is 24.5 Å². The van der Waals surface area contributed by atoms with Crippen LogP contribution in [-0.4, -0.2) is 34.8 Å². The number of methoxy groups -OCH3 is 1. The van der Waals surface area contributed by atoms with E-state index >= 15 is 0 Å². The van der Waals surface area contributed by atoms with Gasteiger partial charge in [0.15, 0.2) is 11.5 Å². The smallest absolute Gasteiger partial charge is 0.242 e. The molecule has 1 N–H and O–H groups in total. The van der Waals surface area contributed by atoms with Crippen LogP contribution in [0.3, 0.4) is 0 Å². The van der Waals surface area contributed by atoms with Gasteiger partial charge in [-0.3, -0.25) is 4.79 Å². The minimum atomic E-state index is -0.0838. The monoisotopic (exact) mass is 494 g/mol. The maximum absolute atomic E-state index is 12.2. The molecule has 0 spiro atoms. The van der Waals surface area contributed by atoms with Gasteiger partial charge in [-0.25, -0.2) is 5.43 Å². The van der Waals surface area contributed by atoms with Crippen LogP contribution in [0, 0.1) is 0 Å². The molecule has 2 aromatic rings. The Hall–Kier alpha value is -1.64. The normalized spacial score (nSPS) is 15.4. The molecule has 1 aliphatic heterocycles. The highest BCUT2D eigenvalue weighted by atomic mass is 79.9. The van der Waals surface area contributed by atoms with Crippen LogP contribution in [0.2, 0.25) is 0 Å². The minimum Gasteiger partial charge on any atom is -0.493 e. The quantitative estimate of drug-likeness (QED) is 0.409. The number of carbonyl (C=O) groups is 1. The van der Waals surface area contributed by atoms with Crippen LogP contribution in [0.15, 0.2) is 52.0 Å². The topological polar surface area (TPSA) is 59.9 Å². The third-order valence-electron chi connectivity index (χ3n) is 4.26. The van der Waals surface area contributed by atoms with Crippen molar-refractivity contribution in [1.82, 2.24) is 5.43 Å². The molecular formula is C21H23BrN2O3S2. The summed E-state index contributed by atoms with van der Waals surface area (Å²) in [6.45, 7) is 2.54. The molecule has 1 fully saturated rings. The number of hydrogen-bond acceptors (Lipinski definition) is 6. The van der Waals surface area contributed by atoms with Crippen LogP contribution in [0.25, 0.3) is 0 Å². The highest BCUT2D eigenvalue weighted by Gasteiger charge is 2.32. The number of rotatable bonds is 8. The van der Waals surface area contributed by atoms with Gasteiger partial charge in [-0.15, -0.1) is 23.5 Å². The van der Waals surface area contributed by atoms with Gasteiger partial charge >= 0.3 is 0 Å². The summed E-state index contributed by atoms with van der Waals surface area (Å²) in [6, 6.07) is 13.6. The number of halogens is 1. The van der Waals surface area contributed by atoms with Gasteiger partial charge < -0.3 is 9.47 Å². The van der Waals surface area contributed by atoms with E-state index in [1.54, 1.807) is 13.3 Å². The number of hydrogen-bond donors (Lipinski definition) is 1. The number of nitrogens with zero attached hydrogens (tertiary/aromatic N) is 1. The highest BCUT2D eigenvalue weighted by Crippen LogP contribution is 2.45. The van der Waals surface area contributed by atoms with Gasteiger partial charge in [0.25, 0.3) is 0 Å². The molecule has 1 aliphatic rings. The Morgan fingerprint density at radius 3 is 2.69 bits per heavy atom. The fraction of sp³-hybridized carbons (Fsp3) is 0.333. The largest absolute Gasteiger partial charge is 0.493 e. The summed E-state index contributed by atoms with van der Waals surface area (Å²) in [5, 5.41) is 4.09. The first-order valence-corrected chi connectivity index (χ1v) is 11.9. The molecule has 154 valence electrons. The molecule has 1 heterocycles. The Balaban J connectivity index is 1.61. The zero-order valence-electron chi connectivity index (χ0n) is 16.3. The Kier molecular flexibility index (Phi) is 7.91. The number of thioether (sulfide) groups is 2. The van der Waals surface area contributed by atoms with Crippen molar-refractivity contribution in [3.8, 4) is 11.5 Å². The highest BCUT2D eigenvalue weighted by molar-refractivity contribution is 9.10. The molecule has 1 saturated heterocycles. The second kappa shape index (κ2) is 10.4. The Labute approximate surface area is 188 Å². The molecule has 5 nitrogen and oxygen atoms in total. The molecule has 2 aromatic carbocycles. The Bertz CT molecular complexity index is 872. The van der Waals surface area contributed by atoms with Crippen molar-refractivity contribution in [2.75, 3.05) is 18.6 Å². The van der Waals surface area contributed by atoms with Crippen molar-refractivity contribution in [2.45, 2.75) is 24.0 Å². The average molecular weight is 495 g/mol. The van der Waals surface area contributed by atoms with Gasteiger partial charge in [-0.05, 0) is 46.1 Å². The lowest BCUT2D eigenvalue weighted by molar-refractivity contribution is -0.121. The van der Waals surface area contributed by atoms with Crippen LogP contribution in [0.4, 0.5) is 0 Å². The predicted molar refractivity (Wildman–Crippen MR) is 125 cm³/mol. The number of nitrogens with one attached hydrogen (secondary N) is 1. The van der Waals surface area contributed by atoms with E-state index in [1.807, 2.05) is 66.0 Å². The van der Waals surface area contributed by atoms with Crippen LogP contribution >= 0.6 is 39.5 Å². The lowest BCUT2D eigenvalue weighted by Crippen LogP contribution is -2.26. The van der Waals surface area contributed by atoms with E-state index in [-0.39, 0.29) is 9.99 Å². The van der Waals surface area contributed by atoms with Gasteiger partial charge in [-0.1, -0.05) is 30.3 Å². The summed E-state index contributed by atoms with van der Waals surface area (Å²) in [4.78, 5) is 12.2. The van der Waals surface area contributed by atoms with Crippen LogP contribution in [0.5, 0.6) is 11.5 Å². The lowest BCUT2D eigenvalue weighted by atomic mass is 10.2. The van der Waals surface area contributed by atoms with Gasteiger partial charge in [0.2, 0.25) is 5.91 Å². The van der Waals surface area contributed by atoms with Crippen molar-refractivity contribution >= 4 is 51.6 Å². The van der Waals surface area contributed by atoms with Gasteiger partial charge in [0.05, 0.1) is 28.3 Å². The summed E-state index contributed by atoms with van der Waals surface area (Å²) < 4.78 is 12.1. The fourth-order valence-corrected chi connectivity index (χ4v) is 6.26. The summed E-state index contributed by atoms with van der Waals surface area (Å²) in [5.74, 6) is 3.31. The molecule has 0 aliphatic carbocycles. The molecule has 29 heavy (non-hydrogen) atoms. The third-order valence-corrected chi connectivity index (χ3v) is 8.14. The van der Waals surface area contributed by atoms with Crippen molar-refractivity contribution in [2.24, 2.45) is 5.10 Å². The SMILES string of the molecule is COc1cc(/C=N\NC(=O)CC2(C)SCCS2)cc(Br)c1OCc1ccccc1. The first-order valence-electron chi connectivity index (χ1n) is 9.13. The Morgan fingerprint density at radius 2 is 2.00 bits per heavy atom. The maximum Gasteiger partial charge on any atom is 0.242 e. The standard InChI is InChI=1S/C21H23BrN2O3S2/c1-21(28-8-9-29-21)12-19(25)24-23-13-16-10-17(22)20(18(11-16)26-2)27-14-15-6-4-3-5-7-15/h3-7,10-11,13H,8-9,12,14H2,1-2H3,(H,24,25)/b23-13-. The van der Waals surface area contributed by atoms with E-state index < -0.39 is 0 Å². The van der Waals surface area contributed by atoms with Crippen LogP contribution in [-0.2, 0) is 11.4 Å². The van der Waals surface area contributed by atoms with Crippen molar-refractivity contribution in [1.29, 1.82) is 0 Å². The molecule has 1 amide bonds. The number of ether oxygens (including phenoxy) is 2. The van der Waals surface area contributed by atoms with E-state index in [4.69, 9.17) is 9.47 Å². The summed E-state index contributed by atoms with van der Waals surface area (Å²) in [7, 11) is 1.59. The molecule has 0 bridgehead atoms. The zero-order chi connectivity index (χ0) is 20.7. The number of amides is 1. The summed E-state index contributed by atoms with van der Waals surface area (Å²) in [5.41, 5.74) is 4.48. The van der Waals surface area contributed by atoms with Crippen LogP contribution in [0.1, 0.15) is 24.5 Å². The average Bonchev–Trinajstić information content (AvgIpc) is 3.13. The lowest BCUT2D eigenvalue weighted by Gasteiger charge is -2.19. The first kappa shape index (κ1) is 22.1. The minimum absolute atomic E-state index is 0.0520. The second-order valence-electron chi connectivity index (χ2n) is 6.61. The van der Waals surface area contributed by atoms with Crippen molar-refractivity contribution < 1.29 is 14.3 Å². The fourth-order valence-electron chi connectivity index (χ4n) is 2.85. The molecule has 0 saturated carbocycles. The summed E-state index contributed by atoms with van der Waals surface area (Å²) in [6.07, 6.45) is 2.04. The van der Waals surface area contributed by atoms with Gasteiger partial charge in [0, 0.05) is 11.5 Å². The van der Waals surface area contributed by atoms with Crippen LogP contribution < -0.4 is 14.9 Å². The van der Waals surface area contributed by atoms with E-state index in [9.17, 15) is 4.79 Å². The Morgan fingerprint density at radius 1 is 1.28 bits per heavy atom. The second-order valence-corrected chi connectivity index (χ2v) is 10.9. The zero-order valence-corrected chi connectivity index (χ0v) is 19.5. The maximum atomic E-state index is 12.2. The molecule has 0 unspecified atom stereocenters. The molecule has 8 heteroatoms. The number of benzene rings is 2. The van der Waals surface area contributed by atoms with E-state index in [1.165, 1.54) is 0 Å². The summed E-state index contributed by atoms with van der Waals surface area (Å²) >= 11 is 7.19. The van der Waals surface area contributed by atoms with E-state index in [0.717, 1.165) is 27.1 Å². The van der Waals surface area contributed by atoms with Crippen molar-refractivity contribution in [3.05, 3.63) is 58.1 Å². The van der Waals surface area contributed by atoms with E-state index in [2.05, 4.69) is 33.4 Å². The molecular weight excluding hydrogens is 472 g/mol. The molecule has 0 radical (unpaired) electrons. The van der Waals surface area contributed by atoms with Crippen molar-refractivity contribution in [3.63, 3.8) is 0 Å². The molecule has 0 aromatic heterocycles. The predicted octanol–water partition coefficient (Wildman–Crippen LogP) is 5.07. The number of hydrazone groups is 1.